The van der Waals surface area contributed by atoms with Crippen molar-refractivity contribution in [3.05, 3.63) is 57.6 Å². The van der Waals surface area contributed by atoms with Gasteiger partial charge in [-0.3, -0.25) is 4.79 Å². The minimum Gasteiger partial charge on any atom is -0.493 e. The minimum absolute atomic E-state index is 0.0807. The summed E-state index contributed by atoms with van der Waals surface area (Å²) in [6, 6.07) is 11.0. The smallest absolute Gasteiger partial charge is 0.257 e. The van der Waals surface area contributed by atoms with Gasteiger partial charge in [-0.05, 0) is 42.7 Å². The van der Waals surface area contributed by atoms with Crippen molar-refractivity contribution >= 4 is 29.1 Å². The predicted octanol–water partition coefficient (Wildman–Crippen LogP) is 4.05. The first-order valence-corrected chi connectivity index (χ1v) is 8.24. The molecule has 0 spiro atoms. The lowest BCUT2D eigenvalue weighted by atomic mass is 10.1. The van der Waals surface area contributed by atoms with Crippen molar-refractivity contribution in [1.82, 2.24) is 5.32 Å². The van der Waals surface area contributed by atoms with E-state index in [1.807, 2.05) is 31.2 Å². The fraction of sp³-hybridized carbons (Fsp3) is 0.278. The van der Waals surface area contributed by atoms with E-state index in [9.17, 15) is 4.79 Å². The van der Waals surface area contributed by atoms with Gasteiger partial charge in [0.25, 0.3) is 5.91 Å². The molecule has 1 amide bonds. The highest BCUT2D eigenvalue weighted by atomic mass is 35.5. The van der Waals surface area contributed by atoms with Crippen molar-refractivity contribution in [2.24, 2.45) is 0 Å². The molecule has 2 rings (SSSR count). The zero-order valence-corrected chi connectivity index (χ0v) is 15.1. The molecular weight excluding hydrogens is 349 g/mol. The number of benzene rings is 2. The van der Waals surface area contributed by atoms with Crippen LogP contribution in [0.4, 0.5) is 0 Å². The Bertz CT molecular complexity index is 719. The van der Waals surface area contributed by atoms with Crippen molar-refractivity contribution in [3.63, 3.8) is 0 Å². The Balaban J connectivity index is 1.81. The maximum atomic E-state index is 11.9. The average molecular weight is 368 g/mol. The first-order chi connectivity index (χ1) is 11.5. The van der Waals surface area contributed by atoms with E-state index >= 15 is 0 Å². The average Bonchev–Trinajstić information content (AvgIpc) is 2.57. The quantitative estimate of drug-likeness (QED) is 0.802. The summed E-state index contributed by atoms with van der Waals surface area (Å²) < 4.78 is 10.7. The molecule has 0 radical (unpaired) electrons. The van der Waals surface area contributed by atoms with Crippen molar-refractivity contribution in [1.29, 1.82) is 0 Å². The summed E-state index contributed by atoms with van der Waals surface area (Å²) >= 11 is 12.1. The van der Waals surface area contributed by atoms with E-state index in [1.165, 1.54) is 0 Å². The number of amides is 1. The topological polar surface area (TPSA) is 47.6 Å². The van der Waals surface area contributed by atoms with E-state index in [2.05, 4.69) is 5.32 Å². The number of methoxy groups -OCH3 is 1. The lowest BCUT2D eigenvalue weighted by Crippen LogP contribution is -2.30. The standard InChI is InChI=1S/C18H19Cl2NO3/c1-12-6-7-15(16(10-12)23-2)24-11-17(22)21-9-8-13-4-3-5-14(19)18(13)20/h3-7,10H,8-9,11H2,1-2H3,(H,21,22). The number of hydrogen-bond donors (Lipinski definition) is 1. The number of carbonyl (C=O) groups excluding carboxylic acids is 1. The molecule has 24 heavy (non-hydrogen) atoms. The lowest BCUT2D eigenvalue weighted by Gasteiger charge is -2.11. The number of nitrogens with one attached hydrogen (secondary N) is 1. The molecule has 2 aromatic carbocycles. The number of halogens is 2. The molecule has 0 saturated carbocycles. The second-order valence-corrected chi connectivity index (χ2v) is 6.04. The zero-order chi connectivity index (χ0) is 17.5. The summed E-state index contributed by atoms with van der Waals surface area (Å²) in [5.74, 6) is 0.931. The van der Waals surface area contributed by atoms with Gasteiger partial charge in [-0.15, -0.1) is 0 Å². The van der Waals surface area contributed by atoms with Crippen LogP contribution in [0.5, 0.6) is 11.5 Å². The Morgan fingerprint density at radius 2 is 1.96 bits per heavy atom. The summed E-state index contributed by atoms with van der Waals surface area (Å²) in [6.45, 7) is 2.33. The van der Waals surface area contributed by atoms with E-state index < -0.39 is 0 Å². The van der Waals surface area contributed by atoms with Crippen LogP contribution in [-0.4, -0.2) is 26.2 Å². The van der Waals surface area contributed by atoms with Gasteiger partial charge in [0.15, 0.2) is 18.1 Å². The van der Waals surface area contributed by atoms with Crippen molar-refractivity contribution in [2.75, 3.05) is 20.3 Å². The van der Waals surface area contributed by atoms with Crippen LogP contribution in [0.25, 0.3) is 0 Å². The first kappa shape index (κ1) is 18.4. The van der Waals surface area contributed by atoms with Gasteiger partial charge in [0, 0.05) is 6.54 Å². The molecular formula is C18H19Cl2NO3. The number of hydrogen-bond acceptors (Lipinski definition) is 3. The Morgan fingerprint density at radius 1 is 1.17 bits per heavy atom. The highest BCUT2D eigenvalue weighted by Crippen LogP contribution is 2.27. The molecule has 0 bridgehead atoms. The van der Waals surface area contributed by atoms with Crippen molar-refractivity contribution < 1.29 is 14.3 Å². The summed E-state index contributed by atoms with van der Waals surface area (Å²) in [6.07, 6.45) is 0.596. The highest BCUT2D eigenvalue weighted by molar-refractivity contribution is 6.42. The van der Waals surface area contributed by atoms with E-state index in [0.717, 1.165) is 11.1 Å². The molecule has 0 aliphatic rings. The monoisotopic (exact) mass is 367 g/mol. The lowest BCUT2D eigenvalue weighted by molar-refractivity contribution is -0.123. The maximum Gasteiger partial charge on any atom is 0.257 e. The maximum absolute atomic E-state index is 11.9. The fourth-order valence-corrected chi connectivity index (χ4v) is 2.58. The predicted molar refractivity (Wildman–Crippen MR) is 96.4 cm³/mol. The van der Waals surface area contributed by atoms with Gasteiger partial charge in [-0.2, -0.15) is 0 Å². The fourth-order valence-electron chi connectivity index (χ4n) is 2.17. The normalized spacial score (nSPS) is 10.3. The molecule has 0 atom stereocenters. The molecule has 0 aliphatic carbocycles. The minimum atomic E-state index is -0.212. The second-order valence-electron chi connectivity index (χ2n) is 5.26. The summed E-state index contributed by atoms with van der Waals surface area (Å²) in [4.78, 5) is 11.9. The van der Waals surface area contributed by atoms with Crippen LogP contribution in [0.3, 0.4) is 0 Å². The number of ether oxygens (including phenoxy) is 2. The Hall–Kier alpha value is -1.91. The summed E-state index contributed by atoms with van der Waals surface area (Å²) in [7, 11) is 1.57. The molecule has 6 heteroatoms. The molecule has 0 fully saturated rings. The summed E-state index contributed by atoms with van der Waals surface area (Å²) in [5.41, 5.74) is 1.95. The largest absolute Gasteiger partial charge is 0.493 e. The molecule has 0 aromatic heterocycles. The van der Waals surface area contributed by atoms with E-state index in [1.54, 1.807) is 19.2 Å². The van der Waals surface area contributed by atoms with Gasteiger partial charge in [0.1, 0.15) is 0 Å². The Kier molecular flexibility index (Phi) is 6.76. The van der Waals surface area contributed by atoms with E-state index in [-0.39, 0.29) is 12.5 Å². The Labute approximate surface area is 151 Å². The molecule has 128 valence electrons. The van der Waals surface area contributed by atoms with Crippen LogP contribution in [0.15, 0.2) is 36.4 Å². The van der Waals surface area contributed by atoms with Gasteiger partial charge in [-0.25, -0.2) is 0 Å². The highest BCUT2D eigenvalue weighted by Gasteiger charge is 2.09. The SMILES string of the molecule is COc1cc(C)ccc1OCC(=O)NCCc1cccc(Cl)c1Cl. The third kappa shape index (κ3) is 5.05. The first-order valence-electron chi connectivity index (χ1n) is 7.48. The second kappa shape index (κ2) is 8.81. The van der Waals surface area contributed by atoms with Crippen LogP contribution in [0.1, 0.15) is 11.1 Å². The van der Waals surface area contributed by atoms with Crippen LogP contribution in [0.2, 0.25) is 10.0 Å². The van der Waals surface area contributed by atoms with Gasteiger partial charge in [0.05, 0.1) is 17.2 Å². The molecule has 4 nitrogen and oxygen atoms in total. The van der Waals surface area contributed by atoms with Gasteiger partial charge in [-0.1, -0.05) is 41.4 Å². The van der Waals surface area contributed by atoms with E-state index in [4.69, 9.17) is 32.7 Å². The van der Waals surface area contributed by atoms with Crippen molar-refractivity contribution in [2.45, 2.75) is 13.3 Å². The number of rotatable bonds is 7. The third-order valence-corrected chi connectivity index (χ3v) is 4.28. The Morgan fingerprint density at radius 3 is 2.71 bits per heavy atom. The molecule has 0 unspecified atom stereocenters. The molecule has 0 saturated heterocycles. The molecule has 2 aromatic rings. The van der Waals surface area contributed by atoms with E-state index in [0.29, 0.717) is 34.5 Å². The van der Waals surface area contributed by atoms with Crippen LogP contribution in [0, 0.1) is 6.92 Å². The van der Waals surface area contributed by atoms with Crippen LogP contribution < -0.4 is 14.8 Å². The third-order valence-electron chi connectivity index (χ3n) is 3.43. The molecule has 1 N–H and O–H groups in total. The molecule has 0 aliphatic heterocycles. The number of aryl methyl sites for hydroxylation is 1. The van der Waals surface area contributed by atoms with Crippen LogP contribution >= 0.6 is 23.2 Å². The number of carbonyl (C=O) groups is 1. The zero-order valence-electron chi connectivity index (χ0n) is 13.6. The van der Waals surface area contributed by atoms with Gasteiger partial charge in [0.2, 0.25) is 0 Å². The van der Waals surface area contributed by atoms with Gasteiger partial charge < -0.3 is 14.8 Å². The van der Waals surface area contributed by atoms with Crippen molar-refractivity contribution in [3.8, 4) is 11.5 Å². The van der Waals surface area contributed by atoms with Gasteiger partial charge >= 0.3 is 0 Å². The molecule has 0 heterocycles. The van der Waals surface area contributed by atoms with Crippen LogP contribution in [-0.2, 0) is 11.2 Å². The summed E-state index contributed by atoms with van der Waals surface area (Å²) in [5, 5.41) is 3.82.